The molecular weight excluding hydrogens is 360 g/mol. The molecule has 0 aliphatic carbocycles. The Morgan fingerprint density at radius 2 is 2.04 bits per heavy atom. The molecule has 7 heteroatoms. The van der Waals surface area contributed by atoms with Crippen molar-refractivity contribution < 1.29 is 9.21 Å². The lowest BCUT2D eigenvalue weighted by Gasteiger charge is -2.09. The van der Waals surface area contributed by atoms with Gasteiger partial charge in [-0.1, -0.05) is 0 Å². The van der Waals surface area contributed by atoms with Gasteiger partial charge in [0, 0.05) is 17.9 Å². The van der Waals surface area contributed by atoms with Gasteiger partial charge in [0.2, 0.25) is 0 Å². The molecule has 2 aromatic heterocycles. The molecule has 142 valence electrons. The van der Waals surface area contributed by atoms with Crippen LogP contribution in [-0.2, 0) is 5.75 Å². The third-order valence-electron chi connectivity index (χ3n) is 3.95. The summed E-state index contributed by atoms with van der Waals surface area (Å²) in [6.45, 7) is 4.63. The van der Waals surface area contributed by atoms with E-state index in [9.17, 15) is 4.79 Å². The second kappa shape index (κ2) is 9.32. The number of carbonyl (C=O) groups excluding carboxylic acids is 1. The van der Waals surface area contributed by atoms with E-state index in [0.29, 0.717) is 6.54 Å². The second-order valence-electron chi connectivity index (χ2n) is 6.25. The number of anilines is 1. The van der Waals surface area contributed by atoms with E-state index in [1.807, 2.05) is 61.0 Å². The molecule has 2 amide bonds. The average molecular weight is 385 g/mol. The predicted molar refractivity (Wildman–Crippen MR) is 110 cm³/mol. The molecule has 2 N–H and O–H groups in total. The van der Waals surface area contributed by atoms with Gasteiger partial charge in [0.15, 0.2) is 0 Å². The maximum absolute atomic E-state index is 12.0. The predicted octanol–water partition coefficient (Wildman–Crippen LogP) is 4.53. The van der Waals surface area contributed by atoms with Crippen LogP contribution in [-0.4, -0.2) is 28.1 Å². The Labute approximate surface area is 163 Å². The zero-order chi connectivity index (χ0) is 19.1. The van der Waals surface area contributed by atoms with E-state index < -0.39 is 0 Å². The van der Waals surface area contributed by atoms with E-state index in [1.165, 1.54) is 0 Å². The highest BCUT2D eigenvalue weighted by molar-refractivity contribution is 7.98. The van der Waals surface area contributed by atoms with Gasteiger partial charge in [0.25, 0.3) is 0 Å². The Balaban J connectivity index is 1.37. The number of thioether (sulfide) groups is 1. The van der Waals surface area contributed by atoms with Gasteiger partial charge in [-0.25, -0.2) is 9.48 Å². The third kappa shape index (κ3) is 5.65. The normalized spacial score (nSPS) is 10.7. The molecule has 3 aromatic rings. The van der Waals surface area contributed by atoms with E-state index >= 15 is 0 Å². The van der Waals surface area contributed by atoms with Crippen LogP contribution in [0.3, 0.4) is 0 Å². The number of rotatable bonds is 8. The first-order valence-electron chi connectivity index (χ1n) is 8.90. The average Bonchev–Trinajstić information content (AvgIpc) is 3.28. The standard InChI is InChI=1S/C20H24N4O2S/c1-15-13-16(2)24(23-15)18-8-6-17(7-9-18)22-20(25)21-10-4-12-27-14-19-5-3-11-26-19/h3,5-9,11,13H,4,10,12,14H2,1-2H3,(H2,21,22,25). The van der Waals surface area contributed by atoms with Gasteiger partial charge in [0.05, 0.1) is 23.4 Å². The monoisotopic (exact) mass is 384 g/mol. The van der Waals surface area contributed by atoms with E-state index in [4.69, 9.17) is 4.42 Å². The molecule has 0 bridgehead atoms. The summed E-state index contributed by atoms with van der Waals surface area (Å²) in [6, 6.07) is 13.4. The molecule has 0 aliphatic rings. The molecule has 0 aliphatic heterocycles. The maximum atomic E-state index is 12.0. The van der Waals surface area contributed by atoms with E-state index in [2.05, 4.69) is 15.7 Å². The first kappa shape index (κ1) is 19.1. The molecule has 2 heterocycles. The Morgan fingerprint density at radius 1 is 1.22 bits per heavy atom. The number of aromatic nitrogens is 2. The highest BCUT2D eigenvalue weighted by atomic mass is 32.2. The molecule has 0 radical (unpaired) electrons. The minimum absolute atomic E-state index is 0.190. The summed E-state index contributed by atoms with van der Waals surface area (Å²) in [5, 5.41) is 10.2. The van der Waals surface area contributed by atoms with Crippen LogP contribution in [0.1, 0.15) is 23.6 Å². The number of urea groups is 1. The smallest absolute Gasteiger partial charge is 0.319 e. The van der Waals surface area contributed by atoms with Crippen LogP contribution >= 0.6 is 11.8 Å². The molecule has 6 nitrogen and oxygen atoms in total. The lowest BCUT2D eigenvalue weighted by molar-refractivity contribution is 0.252. The van der Waals surface area contributed by atoms with Gasteiger partial charge in [-0.05, 0) is 68.5 Å². The van der Waals surface area contributed by atoms with Crippen LogP contribution in [0.2, 0.25) is 0 Å². The number of nitrogens with one attached hydrogen (secondary N) is 2. The fourth-order valence-electron chi connectivity index (χ4n) is 2.70. The zero-order valence-corrected chi connectivity index (χ0v) is 16.4. The first-order chi connectivity index (χ1) is 13.1. The van der Waals surface area contributed by atoms with Crippen molar-refractivity contribution in [3.63, 3.8) is 0 Å². The summed E-state index contributed by atoms with van der Waals surface area (Å²) < 4.78 is 7.17. The summed E-state index contributed by atoms with van der Waals surface area (Å²) in [7, 11) is 0. The number of hydrogen-bond acceptors (Lipinski definition) is 4. The molecule has 0 fully saturated rings. The topological polar surface area (TPSA) is 72.1 Å². The molecule has 0 spiro atoms. The molecule has 0 unspecified atom stereocenters. The molecule has 27 heavy (non-hydrogen) atoms. The highest BCUT2D eigenvalue weighted by Crippen LogP contribution is 2.16. The number of carbonyl (C=O) groups is 1. The fraction of sp³-hybridized carbons (Fsp3) is 0.300. The number of furan rings is 1. The lowest BCUT2D eigenvalue weighted by atomic mass is 10.2. The van der Waals surface area contributed by atoms with Crippen molar-refractivity contribution in [2.75, 3.05) is 17.6 Å². The minimum Gasteiger partial charge on any atom is -0.468 e. The van der Waals surface area contributed by atoms with Crippen LogP contribution < -0.4 is 10.6 Å². The van der Waals surface area contributed by atoms with E-state index in [-0.39, 0.29) is 6.03 Å². The van der Waals surface area contributed by atoms with Gasteiger partial charge in [-0.3, -0.25) is 0 Å². The van der Waals surface area contributed by atoms with Crippen LogP contribution in [0.4, 0.5) is 10.5 Å². The number of benzene rings is 1. The van der Waals surface area contributed by atoms with E-state index in [0.717, 1.165) is 46.4 Å². The van der Waals surface area contributed by atoms with Crippen LogP contribution in [0, 0.1) is 13.8 Å². The summed E-state index contributed by atoms with van der Waals surface area (Å²) in [6.07, 6.45) is 2.60. The Bertz CT molecular complexity index is 857. The summed E-state index contributed by atoms with van der Waals surface area (Å²) in [5.41, 5.74) is 3.79. The lowest BCUT2D eigenvalue weighted by Crippen LogP contribution is -2.29. The van der Waals surface area contributed by atoms with Crippen molar-refractivity contribution in [2.45, 2.75) is 26.0 Å². The number of nitrogens with zero attached hydrogens (tertiary/aromatic N) is 2. The van der Waals surface area contributed by atoms with Crippen molar-refractivity contribution in [3.05, 3.63) is 65.9 Å². The highest BCUT2D eigenvalue weighted by Gasteiger charge is 2.05. The SMILES string of the molecule is Cc1cc(C)n(-c2ccc(NC(=O)NCCCSCc3ccco3)cc2)n1. The molecule has 1 aromatic carbocycles. The van der Waals surface area contributed by atoms with Crippen molar-refractivity contribution in [3.8, 4) is 5.69 Å². The number of aryl methyl sites for hydroxylation is 2. The number of hydrogen-bond donors (Lipinski definition) is 2. The molecule has 0 saturated carbocycles. The van der Waals surface area contributed by atoms with Crippen LogP contribution in [0.15, 0.2) is 53.1 Å². The van der Waals surface area contributed by atoms with Crippen LogP contribution in [0.5, 0.6) is 0 Å². The minimum atomic E-state index is -0.190. The van der Waals surface area contributed by atoms with Crippen molar-refractivity contribution in [2.24, 2.45) is 0 Å². The Kier molecular flexibility index (Phi) is 6.59. The van der Waals surface area contributed by atoms with Crippen LogP contribution in [0.25, 0.3) is 5.69 Å². The first-order valence-corrected chi connectivity index (χ1v) is 10.1. The molecular formula is C20H24N4O2S. The number of amides is 2. The Morgan fingerprint density at radius 3 is 2.70 bits per heavy atom. The summed E-state index contributed by atoms with van der Waals surface area (Å²) >= 11 is 1.80. The molecule has 3 rings (SSSR count). The van der Waals surface area contributed by atoms with Gasteiger partial charge in [0.1, 0.15) is 5.76 Å². The summed E-state index contributed by atoms with van der Waals surface area (Å²) in [5.74, 6) is 2.81. The van der Waals surface area contributed by atoms with Gasteiger partial charge in [-0.2, -0.15) is 16.9 Å². The van der Waals surface area contributed by atoms with Gasteiger partial charge < -0.3 is 15.1 Å². The quantitative estimate of drug-likeness (QED) is 0.560. The second-order valence-corrected chi connectivity index (χ2v) is 7.36. The molecule has 0 atom stereocenters. The van der Waals surface area contributed by atoms with Gasteiger partial charge >= 0.3 is 6.03 Å². The van der Waals surface area contributed by atoms with Gasteiger partial charge in [-0.15, -0.1) is 0 Å². The van der Waals surface area contributed by atoms with E-state index in [1.54, 1.807) is 18.0 Å². The third-order valence-corrected chi connectivity index (χ3v) is 5.02. The maximum Gasteiger partial charge on any atom is 0.319 e. The van der Waals surface area contributed by atoms with Crippen molar-refractivity contribution in [1.82, 2.24) is 15.1 Å². The fourth-order valence-corrected chi connectivity index (χ4v) is 3.55. The Hall–Kier alpha value is -2.67. The molecule has 0 saturated heterocycles. The zero-order valence-electron chi connectivity index (χ0n) is 15.6. The van der Waals surface area contributed by atoms with Crippen molar-refractivity contribution in [1.29, 1.82) is 0 Å². The van der Waals surface area contributed by atoms with Crippen molar-refractivity contribution >= 4 is 23.5 Å². The largest absolute Gasteiger partial charge is 0.468 e. The summed E-state index contributed by atoms with van der Waals surface area (Å²) in [4.78, 5) is 12.0.